The molecular formula is C15H29O5P. The lowest BCUT2D eigenvalue weighted by molar-refractivity contribution is -0.147. The lowest BCUT2D eigenvalue weighted by Gasteiger charge is -2.19. The fraction of sp³-hybridized carbons (Fsp3) is 0.933. The van der Waals surface area contributed by atoms with E-state index in [-0.39, 0.29) is 13.6 Å². The number of hydrogen-bond acceptors (Lipinski definition) is 4. The van der Waals surface area contributed by atoms with Gasteiger partial charge in [0.25, 0.3) is 0 Å². The SMILES string of the molecule is CC(C)(CCCC(O)OCCCCC(C)(C)C(=O)O)P=O. The van der Waals surface area contributed by atoms with Crippen LogP contribution in [-0.2, 0) is 14.1 Å². The van der Waals surface area contributed by atoms with E-state index in [4.69, 9.17) is 9.84 Å². The molecule has 0 aromatic heterocycles. The fourth-order valence-electron chi connectivity index (χ4n) is 1.83. The Morgan fingerprint density at radius 3 is 2.29 bits per heavy atom. The number of carboxylic acid groups (broad SMARTS) is 1. The fourth-order valence-corrected chi connectivity index (χ4v) is 2.08. The van der Waals surface area contributed by atoms with Crippen molar-refractivity contribution in [1.29, 1.82) is 0 Å². The number of ether oxygens (including phenoxy) is 1. The number of carboxylic acids is 1. The van der Waals surface area contributed by atoms with E-state index in [1.54, 1.807) is 13.8 Å². The lowest BCUT2D eigenvalue weighted by Crippen LogP contribution is -2.23. The van der Waals surface area contributed by atoms with Gasteiger partial charge in [0, 0.05) is 11.8 Å². The van der Waals surface area contributed by atoms with Gasteiger partial charge in [0.05, 0.1) is 5.41 Å². The predicted molar refractivity (Wildman–Crippen MR) is 82.8 cm³/mol. The van der Waals surface area contributed by atoms with Gasteiger partial charge in [-0.3, -0.25) is 9.36 Å². The Morgan fingerprint density at radius 1 is 1.14 bits per heavy atom. The molecule has 0 aliphatic heterocycles. The van der Waals surface area contributed by atoms with Gasteiger partial charge in [-0.05, 0) is 59.8 Å². The highest BCUT2D eigenvalue weighted by Gasteiger charge is 2.26. The summed E-state index contributed by atoms with van der Waals surface area (Å²) in [5.74, 6) is -0.788. The summed E-state index contributed by atoms with van der Waals surface area (Å²) in [6.45, 7) is 7.68. The minimum Gasteiger partial charge on any atom is -0.481 e. The van der Waals surface area contributed by atoms with E-state index in [1.165, 1.54) is 0 Å². The zero-order valence-electron chi connectivity index (χ0n) is 13.6. The van der Waals surface area contributed by atoms with E-state index in [2.05, 4.69) is 0 Å². The predicted octanol–water partition coefficient (Wildman–Crippen LogP) is 3.84. The number of hydrogen-bond donors (Lipinski definition) is 2. The molecule has 6 heteroatoms. The van der Waals surface area contributed by atoms with E-state index in [0.29, 0.717) is 19.4 Å². The van der Waals surface area contributed by atoms with Crippen LogP contribution in [0.15, 0.2) is 0 Å². The molecule has 0 aliphatic rings. The first kappa shape index (κ1) is 20.5. The molecule has 0 spiro atoms. The summed E-state index contributed by atoms with van der Waals surface area (Å²) in [5.41, 5.74) is -0.707. The molecule has 124 valence electrons. The van der Waals surface area contributed by atoms with Crippen molar-refractivity contribution in [1.82, 2.24) is 0 Å². The highest BCUT2D eigenvalue weighted by Crippen LogP contribution is 2.28. The van der Waals surface area contributed by atoms with E-state index in [9.17, 15) is 14.5 Å². The second-order valence-electron chi connectivity index (χ2n) is 6.77. The summed E-state index contributed by atoms with van der Waals surface area (Å²) in [7, 11) is 0.124. The highest BCUT2D eigenvalue weighted by atomic mass is 31.1. The van der Waals surface area contributed by atoms with Crippen LogP contribution in [0.5, 0.6) is 0 Å². The second kappa shape index (κ2) is 9.50. The molecule has 0 radical (unpaired) electrons. The van der Waals surface area contributed by atoms with Crippen molar-refractivity contribution in [3.8, 4) is 0 Å². The normalized spacial score (nSPS) is 14.3. The Morgan fingerprint density at radius 2 is 1.76 bits per heavy atom. The molecule has 0 rings (SSSR count). The van der Waals surface area contributed by atoms with E-state index >= 15 is 0 Å². The van der Waals surface area contributed by atoms with Crippen LogP contribution >= 0.6 is 8.46 Å². The molecule has 0 aromatic carbocycles. The summed E-state index contributed by atoms with van der Waals surface area (Å²) >= 11 is 0. The summed E-state index contributed by atoms with van der Waals surface area (Å²) < 4.78 is 16.1. The number of aliphatic carboxylic acids is 1. The monoisotopic (exact) mass is 320 g/mol. The van der Waals surface area contributed by atoms with Crippen LogP contribution in [-0.4, -0.2) is 34.2 Å². The Hall–Kier alpha value is -0.510. The van der Waals surface area contributed by atoms with Crippen LogP contribution in [0.25, 0.3) is 0 Å². The molecule has 0 amide bonds. The van der Waals surface area contributed by atoms with Gasteiger partial charge >= 0.3 is 5.97 Å². The van der Waals surface area contributed by atoms with Crippen LogP contribution < -0.4 is 0 Å². The maximum Gasteiger partial charge on any atom is 0.309 e. The molecule has 0 fully saturated rings. The van der Waals surface area contributed by atoms with Gasteiger partial charge in [-0.1, -0.05) is 6.42 Å². The molecule has 0 aliphatic carbocycles. The van der Waals surface area contributed by atoms with Gasteiger partial charge in [0.2, 0.25) is 0 Å². The van der Waals surface area contributed by atoms with Gasteiger partial charge in [0.1, 0.15) is 0 Å². The molecule has 0 aromatic rings. The zero-order valence-corrected chi connectivity index (χ0v) is 14.5. The maximum atomic E-state index is 10.9. The smallest absolute Gasteiger partial charge is 0.309 e. The minimum atomic E-state index is -0.795. The van der Waals surface area contributed by atoms with Crippen molar-refractivity contribution in [2.75, 3.05) is 6.61 Å². The second-order valence-corrected chi connectivity index (χ2v) is 8.16. The molecule has 1 unspecified atom stereocenters. The third-order valence-corrected chi connectivity index (χ3v) is 4.29. The van der Waals surface area contributed by atoms with Gasteiger partial charge in [-0.15, -0.1) is 0 Å². The molecule has 0 bridgehead atoms. The van der Waals surface area contributed by atoms with Gasteiger partial charge in [-0.2, -0.15) is 0 Å². The zero-order chi connectivity index (χ0) is 16.5. The van der Waals surface area contributed by atoms with Crippen LogP contribution in [0.2, 0.25) is 0 Å². The van der Waals surface area contributed by atoms with Gasteiger partial charge in [-0.25, -0.2) is 0 Å². The van der Waals surface area contributed by atoms with E-state index in [0.717, 1.165) is 25.7 Å². The molecule has 0 saturated heterocycles. The van der Waals surface area contributed by atoms with Crippen LogP contribution in [0.3, 0.4) is 0 Å². The third kappa shape index (κ3) is 9.94. The van der Waals surface area contributed by atoms with Crippen LogP contribution in [0, 0.1) is 5.41 Å². The minimum absolute atomic E-state index is 0.124. The Bertz CT molecular complexity index is 328. The molecule has 0 heterocycles. The van der Waals surface area contributed by atoms with Gasteiger partial charge in [0.15, 0.2) is 14.8 Å². The van der Waals surface area contributed by atoms with E-state index in [1.807, 2.05) is 13.8 Å². The molecular weight excluding hydrogens is 291 g/mol. The number of aliphatic hydroxyl groups excluding tert-OH is 1. The van der Waals surface area contributed by atoms with Crippen molar-refractivity contribution in [2.45, 2.75) is 77.7 Å². The Kier molecular flexibility index (Phi) is 9.26. The van der Waals surface area contributed by atoms with Crippen molar-refractivity contribution >= 4 is 14.4 Å². The number of rotatable bonds is 12. The van der Waals surface area contributed by atoms with Crippen molar-refractivity contribution < 1.29 is 24.3 Å². The highest BCUT2D eigenvalue weighted by molar-refractivity contribution is 7.25. The first-order valence-electron chi connectivity index (χ1n) is 7.48. The largest absolute Gasteiger partial charge is 0.481 e. The number of aliphatic hydroxyl groups is 1. The summed E-state index contributed by atoms with van der Waals surface area (Å²) in [4.78, 5) is 10.9. The molecule has 2 N–H and O–H groups in total. The summed E-state index contributed by atoms with van der Waals surface area (Å²) in [6, 6.07) is 0. The Labute approximate surface area is 129 Å². The van der Waals surface area contributed by atoms with Crippen molar-refractivity contribution in [2.24, 2.45) is 5.41 Å². The topological polar surface area (TPSA) is 83.8 Å². The molecule has 0 saturated carbocycles. The average molecular weight is 320 g/mol. The molecule has 21 heavy (non-hydrogen) atoms. The maximum absolute atomic E-state index is 10.9. The average Bonchev–Trinajstić information content (AvgIpc) is 2.37. The van der Waals surface area contributed by atoms with Crippen LogP contribution in [0.4, 0.5) is 0 Å². The lowest BCUT2D eigenvalue weighted by atomic mass is 9.87. The third-order valence-electron chi connectivity index (χ3n) is 3.57. The Balaban J connectivity index is 3.65. The molecule has 5 nitrogen and oxygen atoms in total. The summed E-state index contributed by atoms with van der Waals surface area (Å²) in [6.07, 6.45) is 3.35. The first-order chi connectivity index (χ1) is 9.60. The number of unbranched alkanes of at least 4 members (excludes halogenated alkanes) is 1. The standard InChI is InChI=1S/C15H29O5P/c1-14(2,13(17)18)9-5-6-11-20-12(16)8-7-10-15(3,4)21-19/h12,16H,5-11H2,1-4H3,(H,17,18). The van der Waals surface area contributed by atoms with Crippen molar-refractivity contribution in [3.05, 3.63) is 0 Å². The van der Waals surface area contributed by atoms with E-state index < -0.39 is 17.7 Å². The van der Waals surface area contributed by atoms with Crippen LogP contribution in [0.1, 0.15) is 66.2 Å². The number of carbonyl (C=O) groups is 1. The van der Waals surface area contributed by atoms with Gasteiger partial charge < -0.3 is 14.9 Å². The summed E-state index contributed by atoms with van der Waals surface area (Å²) in [5, 5.41) is 18.4. The first-order valence-corrected chi connectivity index (χ1v) is 8.29. The quantitative estimate of drug-likeness (QED) is 0.324. The van der Waals surface area contributed by atoms with Crippen molar-refractivity contribution in [3.63, 3.8) is 0 Å². The molecule has 1 atom stereocenters.